The van der Waals surface area contributed by atoms with Crippen molar-refractivity contribution in [3.05, 3.63) is 71.6 Å². The fourth-order valence-corrected chi connectivity index (χ4v) is 10.9. The van der Waals surface area contributed by atoms with Crippen LogP contribution in [-0.4, -0.2) is 112 Å². The molecule has 2 aromatic carbocycles. The molecule has 16 heteroatoms. The molecule has 1 saturated carbocycles. The number of benzene rings is 2. The average Bonchev–Trinajstić information content (AvgIpc) is 4.18. The van der Waals surface area contributed by atoms with Crippen molar-refractivity contribution in [2.45, 2.75) is 114 Å². The van der Waals surface area contributed by atoms with Crippen molar-refractivity contribution in [1.29, 1.82) is 0 Å². The van der Waals surface area contributed by atoms with Crippen molar-refractivity contribution in [1.82, 2.24) is 40.4 Å². The zero-order valence-corrected chi connectivity index (χ0v) is 37.6. The monoisotopic (exact) mass is 876 g/mol. The highest BCUT2D eigenvalue weighted by Gasteiger charge is 2.53. The van der Waals surface area contributed by atoms with Gasteiger partial charge < -0.3 is 49.3 Å². The molecule has 4 aromatic rings. The fourth-order valence-electron chi connectivity index (χ4n) is 10.9. The van der Waals surface area contributed by atoms with Crippen LogP contribution < -0.4 is 10.6 Å². The lowest BCUT2D eigenvalue weighted by molar-refractivity contribution is -0.153. The highest BCUT2D eigenvalue weighted by Crippen LogP contribution is 2.55. The minimum Gasteiger partial charge on any atom is -0.453 e. The number of fused-ring (bicyclic) bond motifs is 2. The van der Waals surface area contributed by atoms with Gasteiger partial charge in [-0.3, -0.25) is 9.59 Å². The number of H-pyrrole nitrogens is 2. The maximum atomic E-state index is 14.1. The second-order valence-corrected chi connectivity index (χ2v) is 18.7. The van der Waals surface area contributed by atoms with Crippen molar-refractivity contribution >= 4 is 24.0 Å². The lowest BCUT2D eigenvalue weighted by atomic mass is 9.64. The Hall–Kier alpha value is -5.74. The Morgan fingerprint density at radius 1 is 0.688 bits per heavy atom. The summed E-state index contributed by atoms with van der Waals surface area (Å²) in [5.41, 5.74) is 9.15. The molecule has 3 aliphatic carbocycles. The van der Waals surface area contributed by atoms with Crippen LogP contribution in [0.3, 0.4) is 0 Å². The van der Waals surface area contributed by atoms with E-state index < -0.39 is 36.1 Å². The molecule has 4 atom stereocenters. The molecule has 4 amide bonds. The lowest BCUT2D eigenvalue weighted by Crippen LogP contribution is -2.52. The van der Waals surface area contributed by atoms with Gasteiger partial charge in [0, 0.05) is 18.5 Å². The number of likely N-dealkylation sites (tertiary alicyclic amines) is 2. The summed E-state index contributed by atoms with van der Waals surface area (Å²) in [7, 11) is 2.58. The van der Waals surface area contributed by atoms with Gasteiger partial charge in [0.2, 0.25) is 11.8 Å². The summed E-state index contributed by atoms with van der Waals surface area (Å²) in [4.78, 5) is 72.7. The topological polar surface area (TPSA) is 193 Å². The molecule has 64 heavy (non-hydrogen) atoms. The van der Waals surface area contributed by atoms with Crippen LogP contribution in [0.4, 0.5) is 9.59 Å². The molecule has 0 radical (unpaired) electrons. The van der Waals surface area contributed by atoms with E-state index in [1.807, 2.05) is 38.8 Å². The first kappa shape index (κ1) is 43.5. The van der Waals surface area contributed by atoms with Crippen LogP contribution in [0, 0.1) is 11.8 Å². The molecule has 3 aliphatic heterocycles. The number of hydrogen-bond acceptors (Lipinski definition) is 10. The third-order valence-electron chi connectivity index (χ3n) is 14.2. The molecule has 2 bridgehead atoms. The highest BCUT2D eigenvalue weighted by atomic mass is 16.7. The molecule has 340 valence electrons. The first-order valence-electron chi connectivity index (χ1n) is 22.8. The summed E-state index contributed by atoms with van der Waals surface area (Å²) in [6.07, 6.45) is 9.15. The number of hydrogen-bond donors (Lipinski definition) is 4. The molecule has 2 aromatic heterocycles. The Labute approximate surface area is 373 Å². The van der Waals surface area contributed by atoms with E-state index in [1.165, 1.54) is 49.3 Å². The van der Waals surface area contributed by atoms with Crippen LogP contribution in [0.1, 0.15) is 119 Å². The number of aromatic amines is 2. The van der Waals surface area contributed by atoms with E-state index in [4.69, 9.17) is 28.9 Å². The van der Waals surface area contributed by atoms with Gasteiger partial charge >= 0.3 is 12.2 Å². The first-order chi connectivity index (χ1) is 30.9. The number of nitrogens with one attached hydrogen (secondary N) is 4. The maximum absolute atomic E-state index is 14.1. The summed E-state index contributed by atoms with van der Waals surface area (Å²) in [5, 5.41) is 5.46. The van der Waals surface area contributed by atoms with E-state index in [-0.39, 0.29) is 36.2 Å². The van der Waals surface area contributed by atoms with E-state index >= 15 is 0 Å². The molecule has 6 aliphatic rings. The number of imidazole rings is 2. The average molecular weight is 877 g/mol. The normalized spacial score (nSPS) is 23.1. The van der Waals surface area contributed by atoms with Gasteiger partial charge in [0.05, 0.1) is 69.8 Å². The quantitative estimate of drug-likeness (QED) is 0.119. The molecule has 5 heterocycles. The van der Waals surface area contributed by atoms with Crippen LogP contribution in [0.15, 0.2) is 48.8 Å². The van der Waals surface area contributed by atoms with Crippen molar-refractivity contribution in [3.8, 4) is 33.6 Å². The third-order valence-corrected chi connectivity index (χ3v) is 14.2. The molecule has 10 rings (SSSR count). The lowest BCUT2D eigenvalue weighted by Gasteiger charge is -2.41. The van der Waals surface area contributed by atoms with Crippen LogP contribution in [0.5, 0.6) is 0 Å². The maximum Gasteiger partial charge on any atom is 0.407 e. The SMILES string of the molecule is COC(=O)N[C@H](C(=O)N1CC2(C[C@H]1c1ncc(-c3ccc(-c4ccc(-c5cnc([C@@H]6CCCN6C(=O)[C@@H](NC(=O)OC)C(C)C)[nH]5)c5c4C4CCC5CC4)cc3)[nH]1)OCCO2)C(C)C. The largest absolute Gasteiger partial charge is 0.453 e. The predicted molar refractivity (Wildman–Crippen MR) is 237 cm³/mol. The van der Waals surface area contributed by atoms with Crippen molar-refractivity contribution in [2.24, 2.45) is 11.8 Å². The minimum absolute atomic E-state index is 0.111. The van der Waals surface area contributed by atoms with Crippen LogP contribution in [-0.2, 0) is 28.5 Å². The predicted octanol–water partition coefficient (Wildman–Crippen LogP) is 7.33. The van der Waals surface area contributed by atoms with Crippen LogP contribution in [0.2, 0.25) is 0 Å². The number of methoxy groups -OCH3 is 2. The number of aromatic nitrogens is 4. The van der Waals surface area contributed by atoms with Gasteiger partial charge in [-0.2, -0.15) is 0 Å². The van der Waals surface area contributed by atoms with E-state index in [1.54, 1.807) is 11.1 Å². The number of alkyl carbamates (subject to hydrolysis) is 2. The van der Waals surface area contributed by atoms with Gasteiger partial charge in [-0.15, -0.1) is 0 Å². The van der Waals surface area contributed by atoms with Gasteiger partial charge in [-0.25, -0.2) is 19.6 Å². The molecule has 1 spiro atoms. The highest BCUT2D eigenvalue weighted by molar-refractivity contribution is 5.87. The molecule has 4 fully saturated rings. The van der Waals surface area contributed by atoms with E-state index in [0.29, 0.717) is 43.8 Å². The van der Waals surface area contributed by atoms with Crippen LogP contribution in [0.25, 0.3) is 33.6 Å². The van der Waals surface area contributed by atoms with Crippen molar-refractivity contribution in [3.63, 3.8) is 0 Å². The minimum atomic E-state index is -0.934. The summed E-state index contributed by atoms with van der Waals surface area (Å²) in [6.45, 7) is 9.31. The smallest absolute Gasteiger partial charge is 0.407 e. The second kappa shape index (κ2) is 17.7. The number of nitrogens with zero attached hydrogens (tertiary/aromatic N) is 4. The van der Waals surface area contributed by atoms with Crippen molar-refractivity contribution < 1.29 is 38.1 Å². The summed E-state index contributed by atoms with van der Waals surface area (Å²) < 4.78 is 21.8. The summed E-state index contributed by atoms with van der Waals surface area (Å²) in [5.74, 6) is 0.698. The zero-order valence-electron chi connectivity index (χ0n) is 37.6. The standard InChI is InChI=1S/C48H60N8O8/c1-26(2)40(53-46(59)61-5)44(57)55-19-7-8-36(55)42-50-24-35(52-42)33-18-17-32(38-30-13-15-31(16-14-30)39(33)38)28-9-11-29(12-10-28)34-23-49-43(51-34)37-22-48(63-20-21-64-48)25-56(37)45(58)41(27(3)4)54-47(60)62-6/h9-12,17-18,23-24,26-27,30-31,36-37,40-41H,7-8,13-16,19-22,25H2,1-6H3,(H,49,51)(H,50,52)(H,53,59)(H,54,60)/t30?,31?,36-,37-,40-,41-/m0/s1. The van der Waals surface area contributed by atoms with Gasteiger partial charge in [-0.05, 0) is 90.0 Å². The molecule has 16 nitrogen and oxygen atoms in total. The fraction of sp³-hybridized carbons (Fsp3) is 0.542. The summed E-state index contributed by atoms with van der Waals surface area (Å²) in [6, 6.07) is 10.9. The third kappa shape index (κ3) is 8.03. The zero-order chi connectivity index (χ0) is 44.9. The second-order valence-electron chi connectivity index (χ2n) is 18.7. The number of carbonyl (C=O) groups excluding carboxylic acids is 4. The Bertz CT molecular complexity index is 2380. The molecular weight excluding hydrogens is 817 g/mol. The Kier molecular flexibility index (Phi) is 12.0. The molecule has 0 unspecified atom stereocenters. The molecule has 4 N–H and O–H groups in total. The Morgan fingerprint density at radius 3 is 1.80 bits per heavy atom. The Balaban J connectivity index is 0.968. The van der Waals surface area contributed by atoms with E-state index in [0.717, 1.165) is 54.0 Å². The molecule has 3 saturated heterocycles. The number of ether oxygens (including phenoxy) is 4. The summed E-state index contributed by atoms with van der Waals surface area (Å²) >= 11 is 0. The van der Waals surface area contributed by atoms with Gasteiger partial charge in [0.15, 0.2) is 5.79 Å². The van der Waals surface area contributed by atoms with Gasteiger partial charge in [-0.1, -0.05) is 64.1 Å². The van der Waals surface area contributed by atoms with E-state index in [2.05, 4.69) is 57.0 Å². The molecular formula is C48H60N8O8. The van der Waals surface area contributed by atoms with Crippen molar-refractivity contribution in [2.75, 3.05) is 40.5 Å². The van der Waals surface area contributed by atoms with Gasteiger partial charge in [0.25, 0.3) is 0 Å². The van der Waals surface area contributed by atoms with Crippen LogP contribution >= 0.6 is 0 Å². The van der Waals surface area contributed by atoms with Gasteiger partial charge in [0.1, 0.15) is 23.7 Å². The Morgan fingerprint density at radius 2 is 1.20 bits per heavy atom. The number of rotatable bonds is 11. The number of amides is 4. The first-order valence-corrected chi connectivity index (χ1v) is 22.8. The number of carbonyl (C=O) groups is 4. The van der Waals surface area contributed by atoms with E-state index in [9.17, 15) is 19.2 Å².